The molecule has 21 heavy (non-hydrogen) atoms. The Hall–Kier alpha value is -1.61. The van der Waals surface area contributed by atoms with E-state index in [0.717, 1.165) is 11.2 Å². The molecule has 118 valence electrons. The van der Waals surface area contributed by atoms with Crippen molar-refractivity contribution in [3.05, 3.63) is 11.5 Å². The molecule has 2 N–H and O–H groups in total. The number of ether oxygens (including phenoxy) is 1. The summed E-state index contributed by atoms with van der Waals surface area (Å²) in [5, 5.41) is 9.29. The molecule has 0 spiro atoms. The number of carbonyl (C=O) groups excluding carboxylic acids is 1. The largest absolute Gasteiger partial charge is 0.476 e. The summed E-state index contributed by atoms with van der Waals surface area (Å²) in [5.74, 6) is -2.16. The molecule has 0 radical (unpaired) electrons. The number of hydrogen-bond donors (Lipinski definition) is 2. The quantitative estimate of drug-likeness (QED) is 0.688. The van der Waals surface area contributed by atoms with E-state index in [1.165, 1.54) is 0 Å². The van der Waals surface area contributed by atoms with Gasteiger partial charge in [0.05, 0.1) is 6.26 Å². The van der Waals surface area contributed by atoms with Crippen molar-refractivity contribution in [2.45, 2.75) is 27.0 Å². The average molecular weight is 318 g/mol. The maximum Gasteiger partial charge on any atom is 0.356 e. The summed E-state index contributed by atoms with van der Waals surface area (Å²) in [6.07, 6.45) is 0.234. The van der Waals surface area contributed by atoms with Crippen molar-refractivity contribution >= 4 is 21.9 Å². The predicted molar refractivity (Wildman–Crippen MR) is 72.2 cm³/mol. The molecule has 1 fully saturated rings. The molecule has 2 heterocycles. The molecule has 0 aromatic carbocycles. The number of rotatable bonds is 4. The lowest BCUT2D eigenvalue weighted by Crippen LogP contribution is -2.62. The van der Waals surface area contributed by atoms with Crippen molar-refractivity contribution in [1.82, 2.24) is 9.62 Å². The van der Waals surface area contributed by atoms with Gasteiger partial charge in [0.2, 0.25) is 15.9 Å². The predicted octanol–water partition coefficient (Wildman–Crippen LogP) is -0.307. The highest BCUT2D eigenvalue weighted by molar-refractivity contribution is 7.88. The summed E-state index contributed by atoms with van der Waals surface area (Å²) in [7, 11) is -3.43. The fourth-order valence-electron chi connectivity index (χ4n) is 2.34. The smallest absolute Gasteiger partial charge is 0.356 e. The van der Waals surface area contributed by atoms with Crippen LogP contribution >= 0.6 is 0 Å². The molecule has 2 aliphatic heterocycles. The zero-order valence-corrected chi connectivity index (χ0v) is 13.0. The number of sulfonamides is 1. The highest BCUT2D eigenvalue weighted by Crippen LogP contribution is 2.45. The van der Waals surface area contributed by atoms with Gasteiger partial charge in [-0.1, -0.05) is 20.8 Å². The van der Waals surface area contributed by atoms with Crippen LogP contribution in [0.1, 0.15) is 20.8 Å². The second-order valence-corrected chi connectivity index (χ2v) is 8.01. The van der Waals surface area contributed by atoms with E-state index >= 15 is 0 Å². The first-order valence-corrected chi connectivity index (χ1v) is 8.25. The van der Waals surface area contributed by atoms with Crippen LogP contribution in [0, 0.1) is 11.3 Å². The first-order chi connectivity index (χ1) is 9.43. The summed E-state index contributed by atoms with van der Waals surface area (Å²) in [6.45, 7) is 5.24. The second kappa shape index (κ2) is 4.70. The van der Waals surface area contributed by atoms with Crippen LogP contribution in [0.15, 0.2) is 11.5 Å². The van der Waals surface area contributed by atoms with Crippen LogP contribution in [0.5, 0.6) is 0 Å². The van der Waals surface area contributed by atoms with Gasteiger partial charge in [-0.2, -0.15) is 0 Å². The van der Waals surface area contributed by atoms with Gasteiger partial charge in [-0.05, 0) is 0 Å². The van der Waals surface area contributed by atoms with E-state index < -0.39 is 39.5 Å². The van der Waals surface area contributed by atoms with Gasteiger partial charge in [0, 0.05) is 12.0 Å². The third-order valence-electron chi connectivity index (χ3n) is 3.30. The number of aliphatic carboxylic acids is 1. The Morgan fingerprint density at radius 2 is 2.00 bits per heavy atom. The molecule has 0 bridgehead atoms. The van der Waals surface area contributed by atoms with E-state index in [1.807, 2.05) is 0 Å². The number of β-lactam (4-membered cyclic amide) rings is 1. The molecular formula is C12H18N2O6S. The Morgan fingerprint density at radius 3 is 2.43 bits per heavy atom. The summed E-state index contributed by atoms with van der Waals surface area (Å²) < 4.78 is 30.0. The van der Waals surface area contributed by atoms with E-state index in [2.05, 4.69) is 4.72 Å². The van der Waals surface area contributed by atoms with Crippen LogP contribution in [-0.4, -0.2) is 49.3 Å². The number of nitrogens with one attached hydrogen (secondary N) is 1. The lowest BCUT2D eigenvalue weighted by atomic mass is 9.92. The normalized spacial score (nSPS) is 25.5. The Bertz CT molecular complexity index is 631. The zero-order valence-electron chi connectivity index (χ0n) is 12.2. The minimum Gasteiger partial charge on any atom is -0.476 e. The summed E-state index contributed by atoms with van der Waals surface area (Å²) >= 11 is 0. The van der Waals surface area contributed by atoms with Crippen molar-refractivity contribution in [3.63, 3.8) is 0 Å². The van der Waals surface area contributed by atoms with Gasteiger partial charge in [-0.15, -0.1) is 0 Å². The number of allylic oxidation sites excluding steroid dienone is 1. The van der Waals surface area contributed by atoms with Crippen molar-refractivity contribution in [2.24, 2.45) is 11.3 Å². The highest BCUT2D eigenvalue weighted by Gasteiger charge is 2.58. The van der Waals surface area contributed by atoms with E-state index in [4.69, 9.17) is 4.74 Å². The molecule has 0 saturated carbocycles. The van der Waals surface area contributed by atoms with Crippen molar-refractivity contribution in [2.75, 3.05) is 12.8 Å². The number of fused-ring (bicyclic) bond motifs is 1. The van der Waals surface area contributed by atoms with Gasteiger partial charge in [0.15, 0.2) is 11.9 Å². The minimum atomic E-state index is -3.43. The van der Waals surface area contributed by atoms with E-state index in [9.17, 15) is 23.1 Å². The average Bonchev–Trinajstić information content (AvgIpc) is 2.63. The van der Waals surface area contributed by atoms with Crippen molar-refractivity contribution < 1.29 is 27.9 Å². The van der Waals surface area contributed by atoms with Crippen LogP contribution in [0.25, 0.3) is 0 Å². The molecule has 2 atom stereocenters. The number of amides is 1. The van der Waals surface area contributed by atoms with Crippen LogP contribution < -0.4 is 4.72 Å². The maximum absolute atomic E-state index is 12.1. The maximum atomic E-state index is 12.1. The Morgan fingerprint density at radius 1 is 1.43 bits per heavy atom. The second-order valence-electron chi connectivity index (χ2n) is 6.18. The van der Waals surface area contributed by atoms with Gasteiger partial charge in [0.25, 0.3) is 0 Å². The summed E-state index contributed by atoms with van der Waals surface area (Å²) in [4.78, 5) is 24.5. The Kier molecular flexibility index (Phi) is 3.53. The highest BCUT2D eigenvalue weighted by atomic mass is 32.2. The number of carbonyl (C=O) groups is 2. The molecule has 1 saturated heterocycles. The van der Waals surface area contributed by atoms with Crippen LogP contribution in [-0.2, 0) is 24.3 Å². The first-order valence-electron chi connectivity index (χ1n) is 6.36. The van der Waals surface area contributed by atoms with E-state index in [0.29, 0.717) is 0 Å². The van der Waals surface area contributed by atoms with E-state index in [1.54, 1.807) is 20.8 Å². The molecule has 0 aliphatic carbocycles. The minimum absolute atomic E-state index is 0.108. The van der Waals surface area contributed by atoms with Crippen LogP contribution in [0.2, 0.25) is 0 Å². The van der Waals surface area contributed by atoms with Crippen LogP contribution in [0.4, 0.5) is 0 Å². The lowest BCUT2D eigenvalue weighted by molar-refractivity contribution is -0.172. The Balaban J connectivity index is 2.23. The third-order valence-corrected chi connectivity index (χ3v) is 3.99. The van der Waals surface area contributed by atoms with Gasteiger partial charge < -0.3 is 9.84 Å². The van der Waals surface area contributed by atoms with Crippen molar-refractivity contribution in [3.8, 4) is 0 Å². The molecule has 9 heteroatoms. The van der Waals surface area contributed by atoms with Gasteiger partial charge in [0.1, 0.15) is 11.7 Å². The van der Waals surface area contributed by atoms with E-state index in [-0.39, 0.29) is 18.0 Å². The Labute approximate surface area is 122 Å². The van der Waals surface area contributed by atoms with Crippen LogP contribution in [0.3, 0.4) is 0 Å². The summed E-state index contributed by atoms with van der Waals surface area (Å²) in [6, 6.07) is 0. The lowest BCUT2D eigenvalue weighted by Gasteiger charge is -2.41. The molecule has 1 amide bonds. The van der Waals surface area contributed by atoms with Gasteiger partial charge >= 0.3 is 5.97 Å². The fraction of sp³-hybridized carbons (Fsp3) is 0.667. The van der Waals surface area contributed by atoms with Gasteiger partial charge in [-0.3, -0.25) is 9.69 Å². The molecule has 2 rings (SSSR count). The first kappa shape index (κ1) is 15.8. The molecule has 0 aromatic rings. The number of carboxylic acids is 1. The number of hydrogen-bond acceptors (Lipinski definition) is 5. The number of nitrogens with zero attached hydrogens (tertiary/aromatic N) is 1. The standard InChI is InChI=1S/C12H18N2O6S/c1-12(2,3)8-7(11(16)17)14-9(15)6(10(14)20-8)5-13-21(4,18)19/h6,10,13H,5H2,1-4H3,(H,16,17)/t6-,10+/m0/s1. The molecular weight excluding hydrogens is 300 g/mol. The molecule has 8 nitrogen and oxygen atoms in total. The third kappa shape index (κ3) is 2.75. The zero-order chi connectivity index (χ0) is 16.2. The fourth-order valence-corrected chi connectivity index (χ4v) is 2.83. The van der Waals surface area contributed by atoms with Crippen molar-refractivity contribution in [1.29, 1.82) is 0 Å². The monoisotopic (exact) mass is 318 g/mol. The topological polar surface area (TPSA) is 113 Å². The molecule has 0 unspecified atom stereocenters. The molecule has 2 aliphatic rings. The van der Waals surface area contributed by atoms with Gasteiger partial charge in [-0.25, -0.2) is 17.9 Å². The summed E-state index contributed by atoms with van der Waals surface area (Å²) in [5.41, 5.74) is -0.728. The molecule has 0 aromatic heterocycles. The SMILES string of the molecule is CC(C)(C)C1=C(C(=O)O)N2C(=O)[C@H](CNS(C)(=O)=O)[C@H]2O1. The number of carboxylic acid groups (broad SMARTS) is 1.